The van der Waals surface area contributed by atoms with Crippen LogP contribution in [0.3, 0.4) is 0 Å². The number of nitriles is 1. The van der Waals surface area contributed by atoms with Gasteiger partial charge in [0.25, 0.3) is 5.92 Å². The lowest BCUT2D eigenvalue weighted by molar-refractivity contribution is 0.00290. The number of halogens is 2. The SMILES string of the molecule is N#CCC(F)(F)c1csc2ccccc12. The fourth-order valence-corrected chi connectivity index (χ4v) is 2.46. The van der Waals surface area contributed by atoms with Crippen LogP contribution < -0.4 is 0 Å². The first-order chi connectivity index (χ1) is 7.15. The molecule has 0 atom stereocenters. The topological polar surface area (TPSA) is 23.8 Å². The van der Waals surface area contributed by atoms with E-state index < -0.39 is 12.3 Å². The first-order valence-corrected chi connectivity index (χ1v) is 5.24. The van der Waals surface area contributed by atoms with Crippen molar-refractivity contribution in [3.05, 3.63) is 35.2 Å². The molecule has 4 heteroatoms. The van der Waals surface area contributed by atoms with Gasteiger partial charge in [0.15, 0.2) is 0 Å². The molecule has 0 saturated heterocycles. The molecule has 1 aromatic carbocycles. The normalized spacial score (nSPS) is 11.5. The largest absolute Gasteiger partial charge is 0.287 e. The minimum atomic E-state index is -3.05. The summed E-state index contributed by atoms with van der Waals surface area (Å²) in [5, 5.41) is 10.3. The van der Waals surface area contributed by atoms with Gasteiger partial charge in [-0.05, 0) is 6.07 Å². The minimum Gasteiger partial charge on any atom is -0.200 e. The number of alkyl halides is 2. The maximum absolute atomic E-state index is 13.5. The quantitative estimate of drug-likeness (QED) is 0.757. The number of benzene rings is 1. The predicted molar refractivity (Wildman–Crippen MR) is 55.9 cm³/mol. The van der Waals surface area contributed by atoms with Crippen LogP contribution in [-0.2, 0) is 5.92 Å². The Hall–Kier alpha value is -1.47. The van der Waals surface area contributed by atoms with Crippen LogP contribution in [0.5, 0.6) is 0 Å². The highest BCUT2D eigenvalue weighted by Gasteiger charge is 2.33. The molecule has 0 unspecified atom stereocenters. The van der Waals surface area contributed by atoms with Gasteiger partial charge in [0, 0.05) is 21.0 Å². The molecule has 2 aromatic rings. The molecule has 1 aromatic heterocycles. The first kappa shape index (κ1) is 10.1. The first-order valence-electron chi connectivity index (χ1n) is 4.36. The van der Waals surface area contributed by atoms with Crippen LogP contribution in [0.4, 0.5) is 8.78 Å². The molecule has 15 heavy (non-hydrogen) atoms. The summed E-state index contributed by atoms with van der Waals surface area (Å²) in [4.78, 5) is 0. The molecule has 0 aliphatic rings. The molecule has 0 aliphatic carbocycles. The lowest BCUT2D eigenvalue weighted by atomic mass is 10.1. The van der Waals surface area contributed by atoms with Crippen molar-refractivity contribution >= 4 is 21.4 Å². The Labute approximate surface area is 89.6 Å². The van der Waals surface area contributed by atoms with Crippen molar-refractivity contribution in [3.8, 4) is 6.07 Å². The second-order valence-electron chi connectivity index (χ2n) is 3.18. The van der Waals surface area contributed by atoms with Crippen molar-refractivity contribution in [2.45, 2.75) is 12.3 Å². The average molecular weight is 223 g/mol. The van der Waals surface area contributed by atoms with Crippen molar-refractivity contribution in [1.29, 1.82) is 5.26 Å². The van der Waals surface area contributed by atoms with Gasteiger partial charge in [-0.15, -0.1) is 11.3 Å². The lowest BCUT2D eigenvalue weighted by Crippen LogP contribution is -2.11. The molecule has 1 nitrogen and oxygen atoms in total. The number of hydrogen-bond acceptors (Lipinski definition) is 2. The van der Waals surface area contributed by atoms with E-state index >= 15 is 0 Å². The van der Waals surface area contributed by atoms with E-state index in [0.717, 1.165) is 4.70 Å². The molecule has 76 valence electrons. The van der Waals surface area contributed by atoms with Crippen molar-refractivity contribution in [1.82, 2.24) is 0 Å². The maximum atomic E-state index is 13.5. The fourth-order valence-electron chi connectivity index (χ4n) is 1.46. The van der Waals surface area contributed by atoms with Crippen LogP contribution in [-0.4, -0.2) is 0 Å². The highest BCUT2D eigenvalue weighted by atomic mass is 32.1. The molecule has 0 aliphatic heterocycles. The summed E-state index contributed by atoms with van der Waals surface area (Å²) in [7, 11) is 0. The van der Waals surface area contributed by atoms with Gasteiger partial charge < -0.3 is 0 Å². The second kappa shape index (κ2) is 3.59. The maximum Gasteiger partial charge on any atom is 0.287 e. The lowest BCUT2D eigenvalue weighted by Gasteiger charge is -2.11. The molecule has 0 saturated carbocycles. The van der Waals surface area contributed by atoms with E-state index in [0.29, 0.717) is 5.39 Å². The molecular formula is C11H7F2NS. The van der Waals surface area contributed by atoms with Crippen LogP contribution in [0.15, 0.2) is 29.6 Å². The van der Waals surface area contributed by atoms with Crippen molar-refractivity contribution in [3.63, 3.8) is 0 Å². The Morgan fingerprint density at radius 2 is 2.07 bits per heavy atom. The Morgan fingerprint density at radius 1 is 1.33 bits per heavy atom. The van der Waals surface area contributed by atoms with E-state index in [1.165, 1.54) is 22.8 Å². The van der Waals surface area contributed by atoms with Gasteiger partial charge in [0.1, 0.15) is 6.42 Å². The molecule has 0 spiro atoms. The zero-order valence-electron chi connectivity index (χ0n) is 7.71. The Balaban J connectivity index is 2.58. The molecule has 0 amide bonds. The van der Waals surface area contributed by atoms with Gasteiger partial charge in [0.05, 0.1) is 6.07 Å². The third-order valence-electron chi connectivity index (χ3n) is 2.18. The van der Waals surface area contributed by atoms with E-state index in [-0.39, 0.29) is 5.56 Å². The smallest absolute Gasteiger partial charge is 0.200 e. The highest BCUT2D eigenvalue weighted by Crippen LogP contribution is 2.39. The van der Waals surface area contributed by atoms with Crippen molar-refractivity contribution in [2.75, 3.05) is 0 Å². The summed E-state index contributed by atoms with van der Waals surface area (Å²) in [6.45, 7) is 0. The van der Waals surface area contributed by atoms with Crippen molar-refractivity contribution in [2.24, 2.45) is 0 Å². The zero-order chi connectivity index (χ0) is 10.9. The summed E-state index contributed by atoms with van der Waals surface area (Å²) in [5.74, 6) is -3.05. The van der Waals surface area contributed by atoms with E-state index in [9.17, 15) is 8.78 Å². The highest BCUT2D eigenvalue weighted by molar-refractivity contribution is 7.17. The van der Waals surface area contributed by atoms with Crippen LogP contribution in [0, 0.1) is 11.3 Å². The summed E-state index contributed by atoms with van der Waals surface area (Å²) in [6, 6.07) is 8.51. The second-order valence-corrected chi connectivity index (χ2v) is 4.10. The molecule has 1 heterocycles. The summed E-state index contributed by atoms with van der Waals surface area (Å²) >= 11 is 1.28. The number of hydrogen-bond donors (Lipinski definition) is 0. The average Bonchev–Trinajstić information content (AvgIpc) is 2.61. The molecule has 0 N–H and O–H groups in total. The van der Waals surface area contributed by atoms with E-state index in [4.69, 9.17) is 5.26 Å². The number of nitrogens with zero attached hydrogens (tertiary/aromatic N) is 1. The van der Waals surface area contributed by atoms with Gasteiger partial charge in [-0.25, -0.2) is 8.78 Å². The predicted octanol–water partition coefficient (Wildman–Crippen LogP) is 3.91. The van der Waals surface area contributed by atoms with Crippen LogP contribution in [0.2, 0.25) is 0 Å². The summed E-state index contributed by atoms with van der Waals surface area (Å²) in [5.41, 5.74) is -0.0374. The number of fused-ring (bicyclic) bond motifs is 1. The van der Waals surface area contributed by atoms with Crippen LogP contribution in [0.1, 0.15) is 12.0 Å². The minimum absolute atomic E-state index is 0.0374. The van der Waals surface area contributed by atoms with Gasteiger partial charge in [-0.3, -0.25) is 0 Å². The van der Waals surface area contributed by atoms with Gasteiger partial charge in [0.2, 0.25) is 0 Å². The summed E-state index contributed by atoms with van der Waals surface area (Å²) in [6.07, 6.45) is -0.770. The Kier molecular flexibility index (Phi) is 2.41. The van der Waals surface area contributed by atoms with E-state index in [1.54, 1.807) is 18.2 Å². The van der Waals surface area contributed by atoms with Crippen LogP contribution in [0.25, 0.3) is 10.1 Å². The molecule has 0 radical (unpaired) electrons. The number of thiophene rings is 1. The molecule has 0 fully saturated rings. The van der Waals surface area contributed by atoms with Crippen molar-refractivity contribution < 1.29 is 8.78 Å². The Bertz CT molecular complexity index is 525. The number of rotatable bonds is 2. The molecular weight excluding hydrogens is 216 g/mol. The fraction of sp³-hybridized carbons (Fsp3) is 0.182. The van der Waals surface area contributed by atoms with E-state index in [2.05, 4.69) is 0 Å². The third kappa shape index (κ3) is 1.71. The van der Waals surface area contributed by atoms with Crippen LogP contribution >= 0.6 is 11.3 Å². The zero-order valence-corrected chi connectivity index (χ0v) is 8.52. The standard InChI is InChI=1S/C11H7F2NS/c12-11(13,5-6-14)9-7-15-10-4-2-1-3-8(9)10/h1-4,7H,5H2. The Morgan fingerprint density at radius 3 is 2.80 bits per heavy atom. The van der Waals surface area contributed by atoms with Gasteiger partial charge in [-0.1, -0.05) is 18.2 Å². The third-order valence-corrected chi connectivity index (χ3v) is 3.14. The monoisotopic (exact) mass is 223 g/mol. The van der Waals surface area contributed by atoms with Gasteiger partial charge >= 0.3 is 0 Å². The summed E-state index contributed by atoms with van der Waals surface area (Å²) < 4.78 is 27.8. The van der Waals surface area contributed by atoms with E-state index in [1.807, 2.05) is 6.07 Å². The molecule has 0 bridgehead atoms. The molecule has 2 rings (SSSR count). The van der Waals surface area contributed by atoms with Gasteiger partial charge in [-0.2, -0.15) is 5.26 Å².